The molecule has 3 rings (SSSR count). The predicted molar refractivity (Wildman–Crippen MR) is 96.9 cm³/mol. The van der Waals surface area contributed by atoms with E-state index in [1.165, 1.54) is 0 Å². The number of aromatic carboxylic acids is 1. The van der Waals surface area contributed by atoms with Crippen LogP contribution in [0.3, 0.4) is 0 Å². The largest absolute Gasteiger partial charge is 0.478 e. The lowest BCUT2D eigenvalue weighted by atomic mass is 10.1. The Morgan fingerprint density at radius 1 is 0.885 bits per heavy atom. The van der Waals surface area contributed by atoms with Crippen LogP contribution in [-0.2, 0) is 17.9 Å². The summed E-state index contributed by atoms with van der Waals surface area (Å²) in [7, 11) is 0. The number of benzene rings is 2. The van der Waals surface area contributed by atoms with Crippen LogP contribution in [0, 0.1) is 0 Å². The van der Waals surface area contributed by atoms with Gasteiger partial charge in [0.1, 0.15) is 6.61 Å². The van der Waals surface area contributed by atoms with Crippen molar-refractivity contribution in [2.24, 2.45) is 0 Å². The molecule has 2 aromatic carbocycles. The highest BCUT2D eigenvalue weighted by atomic mass is 16.6. The van der Waals surface area contributed by atoms with E-state index in [9.17, 15) is 9.59 Å². The topological polar surface area (TPSA) is 70.1 Å². The second-order valence-corrected chi connectivity index (χ2v) is 6.31. The van der Waals surface area contributed by atoms with Crippen LogP contribution in [-0.4, -0.2) is 53.1 Å². The van der Waals surface area contributed by atoms with Crippen molar-refractivity contribution < 1.29 is 19.4 Å². The van der Waals surface area contributed by atoms with Gasteiger partial charge in [-0.1, -0.05) is 42.5 Å². The number of carbonyl (C=O) groups is 2. The fourth-order valence-electron chi connectivity index (χ4n) is 2.91. The molecule has 0 bridgehead atoms. The Kier molecular flexibility index (Phi) is 5.86. The molecule has 1 heterocycles. The van der Waals surface area contributed by atoms with Gasteiger partial charge in [-0.3, -0.25) is 4.90 Å². The SMILES string of the molecule is O=C(O)c1ccc(CN2CCN(C(=O)OCc3ccccc3)CC2)cc1. The maximum atomic E-state index is 12.2. The van der Waals surface area contributed by atoms with Crippen molar-refractivity contribution in [1.82, 2.24) is 9.80 Å². The third kappa shape index (κ3) is 4.83. The van der Waals surface area contributed by atoms with Gasteiger partial charge in [0.15, 0.2) is 0 Å². The average molecular weight is 354 g/mol. The first-order valence-electron chi connectivity index (χ1n) is 8.62. The summed E-state index contributed by atoms with van der Waals surface area (Å²) >= 11 is 0. The van der Waals surface area contributed by atoms with Gasteiger partial charge in [0, 0.05) is 32.7 Å². The monoisotopic (exact) mass is 354 g/mol. The van der Waals surface area contributed by atoms with Gasteiger partial charge in [-0.2, -0.15) is 0 Å². The number of carboxylic acids is 1. The molecule has 1 N–H and O–H groups in total. The molecule has 0 aliphatic carbocycles. The number of carboxylic acid groups (broad SMARTS) is 1. The molecule has 2 aromatic rings. The van der Waals surface area contributed by atoms with Crippen LogP contribution < -0.4 is 0 Å². The Balaban J connectivity index is 1.43. The van der Waals surface area contributed by atoms with Gasteiger partial charge in [0.05, 0.1) is 5.56 Å². The fourth-order valence-corrected chi connectivity index (χ4v) is 2.91. The third-order valence-electron chi connectivity index (χ3n) is 4.44. The first-order chi connectivity index (χ1) is 12.6. The summed E-state index contributed by atoms with van der Waals surface area (Å²) in [5.74, 6) is -0.917. The molecule has 0 atom stereocenters. The fraction of sp³-hybridized carbons (Fsp3) is 0.300. The molecule has 0 aromatic heterocycles. The van der Waals surface area contributed by atoms with Crippen molar-refractivity contribution in [3.8, 4) is 0 Å². The zero-order valence-corrected chi connectivity index (χ0v) is 14.5. The van der Waals surface area contributed by atoms with Gasteiger partial charge in [-0.15, -0.1) is 0 Å². The molecule has 0 spiro atoms. The van der Waals surface area contributed by atoms with Crippen LogP contribution in [0.15, 0.2) is 54.6 Å². The second-order valence-electron chi connectivity index (χ2n) is 6.31. The summed E-state index contributed by atoms with van der Waals surface area (Å²) in [6, 6.07) is 16.6. The number of rotatable bonds is 5. The van der Waals surface area contributed by atoms with Crippen molar-refractivity contribution in [1.29, 1.82) is 0 Å². The third-order valence-corrected chi connectivity index (χ3v) is 4.44. The molecule has 1 fully saturated rings. The summed E-state index contributed by atoms with van der Waals surface area (Å²) in [6.45, 7) is 3.81. The molecule has 6 heteroatoms. The minimum atomic E-state index is -0.917. The summed E-state index contributed by atoms with van der Waals surface area (Å²) in [5, 5.41) is 8.94. The number of hydrogen-bond acceptors (Lipinski definition) is 4. The zero-order chi connectivity index (χ0) is 18.4. The van der Waals surface area contributed by atoms with Gasteiger partial charge >= 0.3 is 12.1 Å². The van der Waals surface area contributed by atoms with E-state index in [0.29, 0.717) is 18.7 Å². The number of nitrogens with zero attached hydrogens (tertiary/aromatic N) is 2. The van der Waals surface area contributed by atoms with Gasteiger partial charge < -0.3 is 14.7 Å². The molecule has 0 unspecified atom stereocenters. The Labute approximate surface area is 152 Å². The molecule has 0 radical (unpaired) electrons. The number of carbonyl (C=O) groups excluding carboxylic acids is 1. The van der Waals surface area contributed by atoms with Gasteiger partial charge in [0.25, 0.3) is 0 Å². The average Bonchev–Trinajstić information content (AvgIpc) is 2.68. The molecular formula is C20H22N2O4. The molecule has 0 saturated carbocycles. The molecule has 1 amide bonds. The van der Waals surface area contributed by atoms with Crippen LogP contribution in [0.4, 0.5) is 4.79 Å². The predicted octanol–water partition coefficient (Wildman–Crippen LogP) is 2.84. The first-order valence-corrected chi connectivity index (χ1v) is 8.62. The second kappa shape index (κ2) is 8.49. The van der Waals surface area contributed by atoms with E-state index in [1.54, 1.807) is 17.0 Å². The van der Waals surface area contributed by atoms with E-state index < -0.39 is 5.97 Å². The highest BCUT2D eigenvalue weighted by Gasteiger charge is 2.22. The van der Waals surface area contributed by atoms with Crippen LogP contribution in [0.1, 0.15) is 21.5 Å². The number of hydrogen-bond donors (Lipinski definition) is 1. The summed E-state index contributed by atoms with van der Waals surface area (Å²) in [5.41, 5.74) is 2.33. The number of ether oxygens (including phenoxy) is 1. The maximum Gasteiger partial charge on any atom is 0.410 e. The minimum Gasteiger partial charge on any atom is -0.478 e. The van der Waals surface area contributed by atoms with Crippen molar-refractivity contribution in [2.45, 2.75) is 13.2 Å². The lowest BCUT2D eigenvalue weighted by molar-refractivity contribution is 0.0694. The quantitative estimate of drug-likeness (QED) is 0.894. The normalized spacial score (nSPS) is 14.8. The molecule has 136 valence electrons. The van der Waals surface area contributed by atoms with Crippen LogP contribution in [0.2, 0.25) is 0 Å². The maximum absolute atomic E-state index is 12.2. The minimum absolute atomic E-state index is 0.278. The molecule has 26 heavy (non-hydrogen) atoms. The highest BCUT2D eigenvalue weighted by Crippen LogP contribution is 2.12. The van der Waals surface area contributed by atoms with Crippen molar-refractivity contribution >= 4 is 12.1 Å². The lowest BCUT2D eigenvalue weighted by Crippen LogP contribution is -2.48. The zero-order valence-electron chi connectivity index (χ0n) is 14.5. The van der Waals surface area contributed by atoms with Crippen LogP contribution in [0.5, 0.6) is 0 Å². The van der Waals surface area contributed by atoms with Crippen molar-refractivity contribution in [2.75, 3.05) is 26.2 Å². The molecule has 6 nitrogen and oxygen atoms in total. The van der Waals surface area contributed by atoms with E-state index in [0.717, 1.165) is 30.8 Å². The number of piperazine rings is 1. The Morgan fingerprint density at radius 2 is 1.54 bits per heavy atom. The van der Waals surface area contributed by atoms with E-state index in [4.69, 9.17) is 9.84 Å². The smallest absolute Gasteiger partial charge is 0.410 e. The molecule has 1 saturated heterocycles. The van der Waals surface area contributed by atoms with Crippen LogP contribution >= 0.6 is 0 Å². The Morgan fingerprint density at radius 3 is 2.15 bits per heavy atom. The summed E-state index contributed by atoms with van der Waals surface area (Å²) < 4.78 is 5.37. The van der Waals surface area contributed by atoms with E-state index in [-0.39, 0.29) is 12.7 Å². The number of amides is 1. The van der Waals surface area contributed by atoms with Gasteiger partial charge in [-0.05, 0) is 23.3 Å². The van der Waals surface area contributed by atoms with Gasteiger partial charge in [-0.25, -0.2) is 9.59 Å². The molecule has 1 aliphatic rings. The summed E-state index contributed by atoms with van der Waals surface area (Å²) in [6.07, 6.45) is -0.278. The molecule has 1 aliphatic heterocycles. The summed E-state index contributed by atoms with van der Waals surface area (Å²) in [4.78, 5) is 27.0. The van der Waals surface area contributed by atoms with Crippen LogP contribution in [0.25, 0.3) is 0 Å². The Bertz CT molecular complexity index is 738. The van der Waals surface area contributed by atoms with Crippen molar-refractivity contribution in [3.05, 3.63) is 71.3 Å². The van der Waals surface area contributed by atoms with E-state index >= 15 is 0 Å². The first kappa shape index (κ1) is 17.9. The standard InChI is InChI=1S/C20H22N2O4/c23-19(24)18-8-6-16(7-9-18)14-21-10-12-22(13-11-21)20(25)26-15-17-4-2-1-3-5-17/h1-9H,10-15H2,(H,23,24). The van der Waals surface area contributed by atoms with E-state index in [2.05, 4.69) is 4.90 Å². The van der Waals surface area contributed by atoms with Crippen molar-refractivity contribution in [3.63, 3.8) is 0 Å². The lowest BCUT2D eigenvalue weighted by Gasteiger charge is -2.34. The highest BCUT2D eigenvalue weighted by molar-refractivity contribution is 5.87. The Hall–Kier alpha value is -2.86. The molecular weight excluding hydrogens is 332 g/mol. The van der Waals surface area contributed by atoms with E-state index in [1.807, 2.05) is 42.5 Å². The van der Waals surface area contributed by atoms with Gasteiger partial charge in [0.2, 0.25) is 0 Å².